The number of aromatic nitrogens is 2. The number of methoxy groups -OCH3 is 1. The summed E-state index contributed by atoms with van der Waals surface area (Å²) in [4.78, 5) is 4.80. The molecule has 2 unspecified atom stereocenters. The molecule has 2 heterocycles. The Morgan fingerprint density at radius 3 is 3.05 bits per heavy atom. The van der Waals surface area contributed by atoms with Crippen molar-refractivity contribution in [3.8, 4) is 0 Å². The van der Waals surface area contributed by atoms with Gasteiger partial charge in [-0.1, -0.05) is 18.5 Å². The molecule has 0 spiro atoms. The van der Waals surface area contributed by atoms with Gasteiger partial charge in [-0.25, -0.2) is 4.98 Å². The second-order valence-electron chi connectivity index (χ2n) is 5.31. The van der Waals surface area contributed by atoms with Crippen molar-refractivity contribution in [2.45, 2.75) is 38.5 Å². The highest BCUT2D eigenvalue weighted by Gasteiger charge is 2.29. The molecule has 2 atom stereocenters. The van der Waals surface area contributed by atoms with Crippen LogP contribution in [0.25, 0.3) is 11.0 Å². The van der Waals surface area contributed by atoms with Gasteiger partial charge in [0.1, 0.15) is 5.82 Å². The highest BCUT2D eigenvalue weighted by molar-refractivity contribution is 6.31. The van der Waals surface area contributed by atoms with Crippen molar-refractivity contribution in [1.29, 1.82) is 0 Å². The summed E-state index contributed by atoms with van der Waals surface area (Å²) in [6, 6.07) is 6.20. The fourth-order valence-corrected chi connectivity index (χ4v) is 3.09. The van der Waals surface area contributed by atoms with Crippen LogP contribution < -0.4 is 5.32 Å². The monoisotopic (exact) mass is 293 g/mol. The zero-order chi connectivity index (χ0) is 14.1. The molecule has 1 aliphatic rings. The topological polar surface area (TPSA) is 39.1 Å². The molecule has 1 aromatic carbocycles. The van der Waals surface area contributed by atoms with Crippen molar-refractivity contribution in [3.05, 3.63) is 29.0 Å². The summed E-state index contributed by atoms with van der Waals surface area (Å²) in [5.74, 6) is 1.10. The molecule has 4 nitrogen and oxygen atoms in total. The third kappa shape index (κ3) is 2.43. The lowest BCUT2D eigenvalue weighted by Crippen LogP contribution is -2.19. The molecular formula is C15H20ClN3O. The predicted octanol–water partition coefficient (Wildman–Crippen LogP) is 3.15. The van der Waals surface area contributed by atoms with Gasteiger partial charge in [0, 0.05) is 25.2 Å². The van der Waals surface area contributed by atoms with Crippen LogP contribution in [0.1, 0.15) is 31.6 Å². The average molecular weight is 294 g/mol. The summed E-state index contributed by atoms with van der Waals surface area (Å²) in [6.07, 6.45) is 2.33. The van der Waals surface area contributed by atoms with Crippen molar-refractivity contribution in [3.63, 3.8) is 0 Å². The number of hydrogen-bond acceptors (Lipinski definition) is 3. The van der Waals surface area contributed by atoms with Gasteiger partial charge in [-0.3, -0.25) is 0 Å². The SMILES string of the molecule is CCCn1c(C2CC(OC)CN2)nc2cc(Cl)ccc21. The van der Waals surface area contributed by atoms with Crippen molar-refractivity contribution in [1.82, 2.24) is 14.9 Å². The van der Waals surface area contributed by atoms with Crippen LogP contribution in [-0.4, -0.2) is 29.3 Å². The first-order valence-electron chi connectivity index (χ1n) is 7.14. The molecule has 108 valence electrons. The Labute approximate surface area is 124 Å². The quantitative estimate of drug-likeness (QED) is 0.941. The first-order chi connectivity index (χ1) is 9.72. The predicted molar refractivity (Wildman–Crippen MR) is 81.2 cm³/mol. The van der Waals surface area contributed by atoms with Crippen LogP contribution >= 0.6 is 11.6 Å². The summed E-state index contributed by atoms with van der Waals surface area (Å²) in [6.45, 7) is 4.05. The first-order valence-corrected chi connectivity index (χ1v) is 7.52. The maximum Gasteiger partial charge on any atom is 0.127 e. The zero-order valence-electron chi connectivity index (χ0n) is 11.9. The normalized spacial score (nSPS) is 22.8. The average Bonchev–Trinajstić information content (AvgIpc) is 3.03. The Balaban J connectivity index is 2.02. The fourth-order valence-electron chi connectivity index (χ4n) is 2.93. The number of nitrogens with one attached hydrogen (secondary N) is 1. The van der Waals surface area contributed by atoms with Gasteiger partial charge in [-0.05, 0) is 31.0 Å². The van der Waals surface area contributed by atoms with E-state index in [0.29, 0.717) is 0 Å². The molecule has 1 N–H and O–H groups in total. The van der Waals surface area contributed by atoms with Crippen LogP contribution in [-0.2, 0) is 11.3 Å². The third-order valence-corrected chi connectivity index (χ3v) is 4.16. The fraction of sp³-hybridized carbons (Fsp3) is 0.533. The molecule has 0 aliphatic carbocycles. The molecule has 1 fully saturated rings. The van der Waals surface area contributed by atoms with E-state index in [1.807, 2.05) is 12.1 Å². The number of imidazole rings is 1. The lowest BCUT2D eigenvalue weighted by molar-refractivity contribution is 0.117. The summed E-state index contributed by atoms with van der Waals surface area (Å²) < 4.78 is 7.74. The van der Waals surface area contributed by atoms with Gasteiger partial charge >= 0.3 is 0 Å². The number of fused-ring (bicyclic) bond motifs is 1. The van der Waals surface area contributed by atoms with Gasteiger partial charge in [-0.2, -0.15) is 0 Å². The molecule has 0 saturated carbocycles. The lowest BCUT2D eigenvalue weighted by atomic mass is 10.2. The van der Waals surface area contributed by atoms with Crippen molar-refractivity contribution < 1.29 is 4.74 Å². The van der Waals surface area contributed by atoms with E-state index in [2.05, 4.69) is 22.9 Å². The summed E-state index contributed by atoms with van der Waals surface area (Å²) in [7, 11) is 1.77. The van der Waals surface area contributed by atoms with Crippen LogP contribution in [0.2, 0.25) is 5.02 Å². The lowest BCUT2D eigenvalue weighted by Gasteiger charge is -2.13. The standard InChI is InChI=1S/C15H20ClN3O/c1-3-6-19-14-5-4-10(16)7-12(14)18-15(19)13-8-11(20-2)9-17-13/h4-5,7,11,13,17H,3,6,8-9H2,1-2H3. The number of rotatable bonds is 4. The molecule has 3 rings (SSSR count). The van der Waals surface area contributed by atoms with Crippen LogP contribution in [0.3, 0.4) is 0 Å². The maximum absolute atomic E-state index is 6.08. The number of nitrogens with zero attached hydrogens (tertiary/aromatic N) is 2. The Morgan fingerprint density at radius 1 is 1.50 bits per heavy atom. The van der Waals surface area contributed by atoms with Gasteiger partial charge in [0.25, 0.3) is 0 Å². The minimum atomic E-state index is 0.262. The van der Waals surface area contributed by atoms with Crippen LogP contribution in [0, 0.1) is 0 Å². The van der Waals surface area contributed by atoms with Gasteiger partial charge in [0.2, 0.25) is 0 Å². The van der Waals surface area contributed by atoms with E-state index < -0.39 is 0 Å². The largest absolute Gasteiger partial charge is 0.380 e. The van der Waals surface area contributed by atoms with Crippen molar-refractivity contribution in [2.75, 3.05) is 13.7 Å². The maximum atomic E-state index is 6.08. The number of aryl methyl sites for hydroxylation is 1. The first kappa shape index (κ1) is 13.9. The molecule has 1 aliphatic heterocycles. The van der Waals surface area contributed by atoms with Crippen LogP contribution in [0.5, 0.6) is 0 Å². The van der Waals surface area contributed by atoms with Crippen molar-refractivity contribution in [2.24, 2.45) is 0 Å². The summed E-state index contributed by atoms with van der Waals surface area (Å²) in [5, 5.41) is 4.24. The van der Waals surface area contributed by atoms with Gasteiger partial charge in [0.05, 0.1) is 23.2 Å². The number of benzene rings is 1. The van der Waals surface area contributed by atoms with Crippen LogP contribution in [0.4, 0.5) is 0 Å². The molecule has 0 bridgehead atoms. The molecule has 0 radical (unpaired) electrons. The van der Waals surface area contributed by atoms with E-state index in [9.17, 15) is 0 Å². The number of hydrogen-bond donors (Lipinski definition) is 1. The van der Waals surface area contributed by atoms with E-state index in [1.54, 1.807) is 7.11 Å². The third-order valence-electron chi connectivity index (χ3n) is 3.92. The molecule has 5 heteroatoms. The van der Waals surface area contributed by atoms with Gasteiger partial charge < -0.3 is 14.6 Å². The molecule has 20 heavy (non-hydrogen) atoms. The summed E-state index contributed by atoms with van der Waals surface area (Å²) >= 11 is 6.08. The van der Waals surface area contributed by atoms with E-state index in [0.717, 1.165) is 47.8 Å². The van der Waals surface area contributed by atoms with E-state index in [1.165, 1.54) is 0 Å². The van der Waals surface area contributed by atoms with E-state index >= 15 is 0 Å². The smallest absolute Gasteiger partial charge is 0.127 e. The molecule has 2 aromatic rings. The number of ether oxygens (including phenoxy) is 1. The highest BCUT2D eigenvalue weighted by Crippen LogP contribution is 2.29. The Morgan fingerprint density at radius 2 is 2.35 bits per heavy atom. The minimum absolute atomic E-state index is 0.262. The Hall–Kier alpha value is -1.10. The van der Waals surface area contributed by atoms with Gasteiger partial charge in [0.15, 0.2) is 0 Å². The molecule has 1 aromatic heterocycles. The minimum Gasteiger partial charge on any atom is -0.380 e. The molecule has 1 saturated heterocycles. The van der Waals surface area contributed by atoms with Gasteiger partial charge in [-0.15, -0.1) is 0 Å². The summed E-state index contributed by atoms with van der Waals surface area (Å²) in [5.41, 5.74) is 2.14. The molecular weight excluding hydrogens is 274 g/mol. The Bertz CT molecular complexity index is 610. The zero-order valence-corrected chi connectivity index (χ0v) is 12.7. The molecule has 0 amide bonds. The second kappa shape index (κ2) is 5.72. The Kier molecular flexibility index (Phi) is 3.96. The second-order valence-corrected chi connectivity index (χ2v) is 5.75. The number of halogens is 1. The highest BCUT2D eigenvalue weighted by atomic mass is 35.5. The van der Waals surface area contributed by atoms with E-state index in [4.69, 9.17) is 21.3 Å². The van der Waals surface area contributed by atoms with E-state index in [-0.39, 0.29) is 12.1 Å². The van der Waals surface area contributed by atoms with Crippen molar-refractivity contribution >= 4 is 22.6 Å². The van der Waals surface area contributed by atoms with Crippen LogP contribution in [0.15, 0.2) is 18.2 Å².